The SMILES string of the molecule is CCC[C@@H](C)NC(=O)[C@@H](Cc1ccccc1)NS(=O)(=O)c1c(C)cc(C)cc1C. The van der Waals surface area contributed by atoms with E-state index in [0.29, 0.717) is 11.1 Å². The first-order valence-corrected chi connectivity index (χ1v) is 11.6. The molecule has 0 radical (unpaired) electrons. The predicted molar refractivity (Wildman–Crippen MR) is 117 cm³/mol. The third-order valence-corrected chi connectivity index (χ3v) is 6.66. The summed E-state index contributed by atoms with van der Waals surface area (Å²) in [4.78, 5) is 13.2. The zero-order chi connectivity index (χ0) is 21.6. The van der Waals surface area contributed by atoms with Crippen LogP contribution in [-0.4, -0.2) is 26.4 Å². The van der Waals surface area contributed by atoms with E-state index in [1.807, 2.05) is 56.3 Å². The highest BCUT2D eigenvalue weighted by Crippen LogP contribution is 2.22. The molecular weight excluding hydrogens is 384 g/mol. The summed E-state index contributed by atoms with van der Waals surface area (Å²) < 4.78 is 29.1. The van der Waals surface area contributed by atoms with E-state index in [0.717, 1.165) is 24.0 Å². The van der Waals surface area contributed by atoms with Gasteiger partial charge in [-0.1, -0.05) is 61.4 Å². The van der Waals surface area contributed by atoms with Crippen molar-refractivity contribution < 1.29 is 13.2 Å². The minimum absolute atomic E-state index is 0.0156. The quantitative estimate of drug-likeness (QED) is 0.653. The van der Waals surface area contributed by atoms with Crippen LogP contribution in [0.25, 0.3) is 0 Å². The summed E-state index contributed by atoms with van der Waals surface area (Å²) in [5, 5.41) is 2.95. The Labute approximate surface area is 175 Å². The molecule has 2 N–H and O–H groups in total. The molecule has 0 aromatic heterocycles. The van der Waals surface area contributed by atoms with Gasteiger partial charge in [0.15, 0.2) is 0 Å². The number of hydrogen-bond donors (Lipinski definition) is 2. The molecule has 0 fully saturated rings. The topological polar surface area (TPSA) is 75.3 Å². The van der Waals surface area contributed by atoms with Gasteiger partial charge in [0.25, 0.3) is 0 Å². The molecule has 158 valence electrons. The molecular formula is C23H32N2O3S. The third kappa shape index (κ3) is 6.41. The number of carbonyl (C=O) groups is 1. The number of sulfonamides is 1. The number of rotatable bonds is 9. The highest BCUT2D eigenvalue weighted by Gasteiger charge is 2.28. The minimum Gasteiger partial charge on any atom is -0.352 e. The number of amides is 1. The Morgan fingerprint density at radius 1 is 1.03 bits per heavy atom. The fraction of sp³-hybridized carbons (Fsp3) is 0.435. The van der Waals surface area contributed by atoms with Crippen LogP contribution in [0.1, 0.15) is 48.9 Å². The predicted octanol–water partition coefficient (Wildman–Crippen LogP) is 3.81. The molecule has 2 aromatic carbocycles. The van der Waals surface area contributed by atoms with Crippen molar-refractivity contribution in [2.24, 2.45) is 0 Å². The average molecular weight is 417 g/mol. The Bertz CT molecular complexity index is 917. The molecule has 0 saturated heterocycles. The van der Waals surface area contributed by atoms with Crippen LogP contribution in [0.5, 0.6) is 0 Å². The van der Waals surface area contributed by atoms with Gasteiger partial charge in [0.1, 0.15) is 6.04 Å². The monoisotopic (exact) mass is 416 g/mol. The molecule has 1 amide bonds. The van der Waals surface area contributed by atoms with Crippen molar-refractivity contribution >= 4 is 15.9 Å². The molecule has 2 rings (SSSR count). The van der Waals surface area contributed by atoms with E-state index in [1.165, 1.54) is 0 Å². The second kappa shape index (κ2) is 10.0. The molecule has 0 heterocycles. The number of carbonyl (C=O) groups excluding carboxylic acids is 1. The maximum atomic E-state index is 13.2. The molecule has 0 unspecified atom stereocenters. The van der Waals surface area contributed by atoms with Gasteiger partial charge < -0.3 is 5.32 Å². The normalized spacial score (nSPS) is 13.7. The molecule has 0 bridgehead atoms. The van der Waals surface area contributed by atoms with Crippen molar-refractivity contribution in [3.8, 4) is 0 Å². The van der Waals surface area contributed by atoms with Gasteiger partial charge in [-0.25, -0.2) is 8.42 Å². The first-order chi connectivity index (χ1) is 13.6. The summed E-state index contributed by atoms with van der Waals surface area (Å²) in [6.07, 6.45) is 2.07. The molecule has 5 nitrogen and oxygen atoms in total. The fourth-order valence-corrected chi connectivity index (χ4v) is 5.37. The molecule has 0 aliphatic carbocycles. The fourth-order valence-electron chi connectivity index (χ4n) is 3.72. The molecule has 29 heavy (non-hydrogen) atoms. The van der Waals surface area contributed by atoms with Crippen LogP contribution in [-0.2, 0) is 21.2 Å². The summed E-state index contributed by atoms with van der Waals surface area (Å²) in [6.45, 7) is 9.48. The molecule has 0 saturated carbocycles. The van der Waals surface area contributed by atoms with E-state index in [9.17, 15) is 13.2 Å². The third-order valence-electron chi connectivity index (χ3n) is 4.88. The van der Waals surface area contributed by atoms with Crippen molar-refractivity contribution in [1.82, 2.24) is 10.0 Å². The van der Waals surface area contributed by atoms with Crippen LogP contribution >= 0.6 is 0 Å². The van der Waals surface area contributed by atoms with Crippen LogP contribution < -0.4 is 10.0 Å². The highest BCUT2D eigenvalue weighted by atomic mass is 32.2. The maximum Gasteiger partial charge on any atom is 0.241 e. The number of hydrogen-bond acceptors (Lipinski definition) is 3. The zero-order valence-corrected chi connectivity index (χ0v) is 18.8. The first kappa shape index (κ1) is 23.1. The molecule has 0 aliphatic heterocycles. The number of nitrogens with one attached hydrogen (secondary N) is 2. The molecule has 6 heteroatoms. The lowest BCUT2D eigenvalue weighted by molar-refractivity contribution is -0.123. The lowest BCUT2D eigenvalue weighted by atomic mass is 10.1. The van der Waals surface area contributed by atoms with Crippen molar-refractivity contribution in [2.75, 3.05) is 0 Å². The Kier molecular flexibility index (Phi) is 7.99. The van der Waals surface area contributed by atoms with Gasteiger partial charge in [0, 0.05) is 6.04 Å². The van der Waals surface area contributed by atoms with Gasteiger partial charge in [0.2, 0.25) is 15.9 Å². The van der Waals surface area contributed by atoms with Crippen LogP contribution in [0.4, 0.5) is 0 Å². The largest absolute Gasteiger partial charge is 0.352 e. The molecule has 0 aliphatic rings. The van der Waals surface area contributed by atoms with Crippen LogP contribution in [0, 0.1) is 20.8 Å². The van der Waals surface area contributed by atoms with Gasteiger partial charge in [-0.05, 0) is 57.2 Å². The summed E-state index contributed by atoms with van der Waals surface area (Å²) in [5.41, 5.74) is 3.25. The Balaban J connectivity index is 2.34. The van der Waals surface area contributed by atoms with E-state index >= 15 is 0 Å². The van der Waals surface area contributed by atoms with Crippen molar-refractivity contribution in [1.29, 1.82) is 0 Å². The molecule has 0 spiro atoms. The van der Waals surface area contributed by atoms with Crippen molar-refractivity contribution in [2.45, 2.75) is 70.9 Å². The smallest absolute Gasteiger partial charge is 0.241 e. The van der Waals surface area contributed by atoms with E-state index < -0.39 is 16.1 Å². The van der Waals surface area contributed by atoms with Crippen LogP contribution in [0.15, 0.2) is 47.4 Å². The van der Waals surface area contributed by atoms with Crippen molar-refractivity contribution in [3.63, 3.8) is 0 Å². The second-order valence-corrected chi connectivity index (χ2v) is 9.44. The minimum atomic E-state index is -3.86. The molecule has 2 aromatic rings. The summed E-state index contributed by atoms with van der Waals surface area (Å²) >= 11 is 0. The summed E-state index contributed by atoms with van der Waals surface area (Å²) in [5.74, 6) is -0.305. The maximum absolute atomic E-state index is 13.2. The lowest BCUT2D eigenvalue weighted by Crippen LogP contribution is -2.50. The van der Waals surface area contributed by atoms with Crippen LogP contribution in [0.3, 0.4) is 0 Å². The summed E-state index contributed by atoms with van der Waals surface area (Å²) in [6, 6.07) is 12.2. The lowest BCUT2D eigenvalue weighted by Gasteiger charge is -2.22. The van der Waals surface area contributed by atoms with E-state index in [1.54, 1.807) is 13.8 Å². The van der Waals surface area contributed by atoms with Crippen LogP contribution in [0.2, 0.25) is 0 Å². The Hall–Kier alpha value is -2.18. The van der Waals surface area contributed by atoms with Gasteiger partial charge in [-0.2, -0.15) is 4.72 Å². The van der Waals surface area contributed by atoms with Gasteiger partial charge in [-0.3, -0.25) is 4.79 Å². The van der Waals surface area contributed by atoms with Crippen molar-refractivity contribution in [3.05, 3.63) is 64.7 Å². The molecule has 2 atom stereocenters. The van der Waals surface area contributed by atoms with Gasteiger partial charge >= 0.3 is 0 Å². The number of aryl methyl sites for hydroxylation is 3. The zero-order valence-electron chi connectivity index (χ0n) is 18.0. The van der Waals surface area contributed by atoms with Gasteiger partial charge in [-0.15, -0.1) is 0 Å². The second-order valence-electron chi connectivity index (χ2n) is 7.79. The Morgan fingerprint density at radius 3 is 2.17 bits per heavy atom. The number of benzene rings is 2. The Morgan fingerprint density at radius 2 is 1.62 bits per heavy atom. The van der Waals surface area contributed by atoms with E-state index in [-0.39, 0.29) is 23.3 Å². The van der Waals surface area contributed by atoms with E-state index in [4.69, 9.17) is 0 Å². The standard InChI is InChI=1S/C23H32N2O3S/c1-6-10-19(5)24-23(26)21(15-20-11-8-7-9-12-20)25-29(27,28)22-17(3)13-16(2)14-18(22)4/h7-9,11-14,19,21,25H,6,10,15H2,1-5H3,(H,24,26)/t19-,21-/m1/s1. The van der Waals surface area contributed by atoms with E-state index in [2.05, 4.69) is 17.0 Å². The first-order valence-electron chi connectivity index (χ1n) is 10.1. The highest BCUT2D eigenvalue weighted by molar-refractivity contribution is 7.89. The average Bonchev–Trinajstić information content (AvgIpc) is 2.60. The summed E-state index contributed by atoms with van der Waals surface area (Å²) in [7, 11) is -3.86. The van der Waals surface area contributed by atoms with Gasteiger partial charge in [0.05, 0.1) is 4.90 Å².